The molecule has 1 aliphatic heterocycles. The maximum Gasteiger partial charge on any atom is 0.312 e. The van der Waals surface area contributed by atoms with E-state index in [0.29, 0.717) is 0 Å². The molecule has 9 nitrogen and oxygen atoms in total. The summed E-state index contributed by atoms with van der Waals surface area (Å²) in [7, 11) is -3.89. The standard InChI is InChI=1S/C9H9BrN4O5S/c10-6-2-12-3-7(14(16)17)9(6)13-4-5(1-8(13)15)20(11,18)19/h2-3,5H,1,4H2,(H2,11,18,19). The summed E-state index contributed by atoms with van der Waals surface area (Å²) in [5, 5.41) is 14.9. The van der Waals surface area contributed by atoms with E-state index in [9.17, 15) is 23.3 Å². The summed E-state index contributed by atoms with van der Waals surface area (Å²) in [6, 6.07) is 0. The molecule has 1 fully saturated rings. The van der Waals surface area contributed by atoms with E-state index in [1.54, 1.807) is 0 Å². The van der Waals surface area contributed by atoms with Gasteiger partial charge in [-0.3, -0.25) is 19.9 Å². The van der Waals surface area contributed by atoms with Gasteiger partial charge in [-0.25, -0.2) is 13.6 Å². The summed E-state index contributed by atoms with van der Waals surface area (Å²) < 4.78 is 22.8. The highest BCUT2D eigenvalue weighted by molar-refractivity contribution is 9.10. The van der Waals surface area contributed by atoms with Crippen LogP contribution in [0.3, 0.4) is 0 Å². The molecule has 1 saturated heterocycles. The zero-order valence-electron chi connectivity index (χ0n) is 9.89. The molecule has 0 spiro atoms. The first-order valence-corrected chi connectivity index (χ1v) is 7.72. The summed E-state index contributed by atoms with van der Waals surface area (Å²) in [4.78, 5) is 26.9. The van der Waals surface area contributed by atoms with Crippen molar-refractivity contribution < 1.29 is 18.1 Å². The van der Waals surface area contributed by atoms with Crippen molar-refractivity contribution in [1.82, 2.24) is 4.98 Å². The van der Waals surface area contributed by atoms with Crippen LogP contribution in [0.25, 0.3) is 0 Å². The predicted molar refractivity (Wildman–Crippen MR) is 72.5 cm³/mol. The second kappa shape index (κ2) is 5.07. The van der Waals surface area contributed by atoms with E-state index >= 15 is 0 Å². The number of anilines is 1. The van der Waals surface area contributed by atoms with E-state index in [1.165, 1.54) is 6.20 Å². The van der Waals surface area contributed by atoms with Crippen molar-refractivity contribution in [3.8, 4) is 0 Å². The lowest BCUT2D eigenvalue weighted by Gasteiger charge is -2.17. The third kappa shape index (κ3) is 2.64. The van der Waals surface area contributed by atoms with Gasteiger partial charge in [0.2, 0.25) is 15.9 Å². The molecular formula is C9H9BrN4O5S. The second-order valence-electron chi connectivity index (χ2n) is 4.17. The number of carbonyl (C=O) groups excluding carboxylic acids is 1. The monoisotopic (exact) mass is 364 g/mol. The van der Waals surface area contributed by atoms with Gasteiger partial charge in [-0.2, -0.15) is 0 Å². The summed E-state index contributed by atoms with van der Waals surface area (Å²) in [6.45, 7) is -0.221. The molecule has 1 aromatic heterocycles. The lowest BCUT2D eigenvalue weighted by Crippen LogP contribution is -2.32. The number of nitrogens with two attached hydrogens (primary N) is 1. The highest BCUT2D eigenvalue weighted by atomic mass is 79.9. The second-order valence-corrected chi connectivity index (χ2v) is 6.86. The van der Waals surface area contributed by atoms with Gasteiger partial charge in [0.1, 0.15) is 17.1 Å². The fourth-order valence-electron chi connectivity index (χ4n) is 1.93. The minimum Gasteiger partial charge on any atom is -0.304 e. The number of primary sulfonamides is 1. The summed E-state index contributed by atoms with van der Waals surface area (Å²) in [5.74, 6) is -0.543. The van der Waals surface area contributed by atoms with E-state index in [2.05, 4.69) is 20.9 Å². The summed E-state index contributed by atoms with van der Waals surface area (Å²) >= 11 is 3.08. The first-order valence-electron chi connectivity index (χ1n) is 5.31. The van der Waals surface area contributed by atoms with Crippen LogP contribution < -0.4 is 10.0 Å². The number of hydrogen-bond acceptors (Lipinski definition) is 6. The van der Waals surface area contributed by atoms with Gasteiger partial charge in [-0.05, 0) is 15.9 Å². The normalized spacial score (nSPS) is 19.4. The zero-order chi connectivity index (χ0) is 15.1. The minimum absolute atomic E-state index is 0.0128. The van der Waals surface area contributed by atoms with E-state index in [1.807, 2.05) is 0 Å². The van der Waals surface area contributed by atoms with Crippen LogP contribution in [0.2, 0.25) is 0 Å². The van der Waals surface area contributed by atoms with E-state index in [0.717, 1.165) is 11.1 Å². The Bertz CT molecular complexity index is 692. The molecule has 1 aliphatic rings. The van der Waals surface area contributed by atoms with Gasteiger partial charge >= 0.3 is 5.69 Å². The quantitative estimate of drug-likeness (QED) is 0.598. The Morgan fingerprint density at radius 1 is 1.50 bits per heavy atom. The molecule has 0 aromatic carbocycles. The molecule has 2 heterocycles. The van der Waals surface area contributed by atoms with Crippen molar-refractivity contribution in [3.05, 3.63) is 27.0 Å². The van der Waals surface area contributed by atoms with Crippen LogP contribution >= 0.6 is 15.9 Å². The van der Waals surface area contributed by atoms with Gasteiger partial charge in [0.15, 0.2) is 0 Å². The number of sulfonamides is 1. The van der Waals surface area contributed by atoms with Crippen LogP contribution in [-0.4, -0.2) is 36.0 Å². The zero-order valence-corrected chi connectivity index (χ0v) is 12.3. The molecule has 108 valence electrons. The van der Waals surface area contributed by atoms with Crippen molar-refractivity contribution in [2.24, 2.45) is 5.14 Å². The Kier molecular flexibility index (Phi) is 3.75. The number of pyridine rings is 1. The number of rotatable bonds is 3. The Morgan fingerprint density at radius 3 is 2.65 bits per heavy atom. The molecule has 0 radical (unpaired) electrons. The average Bonchev–Trinajstić information content (AvgIpc) is 2.70. The number of nitro groups is 1. The van der Waals surface area contributed by atoms with Crippen molar-refractivity contribution >= 4 is 43.2 Å². The third-order valence-electron chi connectivity index (χ3n) is 2.87. The van der Waals surface area contributed by atoms with Crippen molar-refractivity contribution in [3.63, 3.8) is 0 Å². The average molecular weight is 365 g/mol. The summed E-state index contributed by atoms with van der Waals surface area (Å²) in [6.07, 6.45) is 1.99. The first kappa shape index (κ1) is 14.8. The molecule has 20 heavy (non-hydrogen) atoms. The predicted octanol–water partition coefficient (Wildman–Crippen LogP) is 0.146. The lowest BCUT2D eigenvalue weighted by molar-refractivity contribution is -0.384. The molecular weight excluding hydrogens is 356 g/mol. The molecule has 0 saturated carbocycles. The number of hydrogen-bond donors (Lipinski definition) is 1. The fourth-order valence-corrected chi connectivity index (χ4v) is 3.20. The number of aromatic nitrogens is 1. The maximum atomic E-state index is 11.9. The van der Waals surface area contributed by atoms with Gasteiger partial charge in [0, 0.05) is 19.2 Å². The molecule has 1 amide bonds. The highest BCUT2D eigenvalue weighted by Gasteiger charge is 2.40. The van der Waals surface area contributed by atoms with Crippen molar-refractivity contribution in [1.29, 1.82) is 0 Å². The molecule has 2 rings (SSSR count). The molecule has 1 atom stereocenters. The lowest BCUT2D eigenvalue weighted by atomic mass is 10.3. The SMILES string of the molecule is NS(=O)(=O)C1CC(=O)N(c2c(Br)cncc2[N+](=O)[O-])C1. The fraction of sp³-hybridized carbons (Fsp3) is 0.333. The van der Waals surface area contributed by atoms with Crippen LogP contribution in [-0.2, 0) is 14.8 Å². The molecule has 1 unspecified atom stereocenters. The van der Waals surface area contributed by atoms with Gasteiger partial charge in [-0.15, -0.1) is 0 Å². The molecule has 11 heteroatoms. The number of carbonyl (C=O) groups is 1. The van der Waals surface area contributed by atoms with Gasteiger partial charge in [-0.1, -0.05) is 0 Å². The first-order chi connectivity index (χ1) is 9.21. The largest absolute Gasteiger partial charge is 0.312 e. The van der Waals surface area contributed by atoms with Crippen LogP contribution in [0.1, 0.15) is 6.42 Å². The van der Waals surface area contributed by atoms with Gasteiger partial charge in [0.05, 0.1) is 9.40 Å². The van der Waals surface area contributed by atoms with Crippen LogP contribution in [0.4, 0.5) is 11.4 Å². The number of halogens is 1. The topological polar surface area (TPSA) is 136 Å². The van der Waals surface area contributed by atoms with Gasteiger partial charge in [0.25, 0.3) is 0 Å². The molecule has 0 aliphatic carbocycles. The minimum atomic E-state index is -3.89. The van der Waals surface area contributed by atoms with E-state index in [4.69, 9.17) is 5.14 Å². The maximum absolute atomic E-state index is 11.9. The molecule has 0 bridgehead atoms. The Balaban J connectivity index is 2.48. The third-order valence-corrected chi connectivity index (χ3v) is 4.70. The van der Waals surface area contributed by atoms with E-state index < -0.39 is 26.1 Å². The van der Waals surface area contributed by atoms with Crippen LogP contribution in [0, 0.1) is 10.1 Å². The molecule has 1 aromatic rings. The Morgan fingerprint density at radius 2 is 2.15 bits per heavy atom. The molecule has 2 N–H and O–H groups in total. The smallest absolute Gasteiger partial charge is 0.304 e. The van der Waals surface area contributed by atoms with Crippen molar-refractivity contribution in [2.75, 3.05) is 11.4 Å². The highest BCUT2D eigenvalue weighted by Crippen LogP contribution is 2.37. The Labute approximate surface area is 122 Å². The van der Waals surface area contributed by atoms with Gasteiger partial charge < -0.3 is 4.90 Å². The Hall–Kier alpha value is -1.59. The van der Waals surface area contributed by atoms with Crippen molar-refractivity contribution in [2.45, 2.75) is 11.7 Å². The summed E-state index contributed by atoms with van der Waals surface area (Å²) in [5.41, 5.74) is -0.399. The number of nitrogens with zero attached hydrogens (tertiary/aromatic N) is 3. The van der Waals surface area contributed by atoms with Crippen LogP contribution in [0.5, 0.6) is 0 Å². The number of amides is 1. The van der Waals surface area contributed by atoms with Crippen LogP contribution in [0.15, 0.2) is 16.9 Å². The van der Waals surface area contributed by atoms with E-state index in [-0.39, 0.29) is 28.8 Å².